The van der Waals surface area contributed by atoms with Crippen molar-refractivity contribution in [3.05, 3.63) is 51.8 Å². The number of pyridine rings is 1. The number of rotatable bonds is 8. The molecule has 0 unspecified atom stereocenters. The van der Waals surface area contributed by atoms with E-state index in [0.717, 1.165) is 38.0 Å². The number of likely N-dealkylation sites (tertiary alicyclic amines) is 1. The lowest BCUT2D eigenvalue weighted by Crippen LogP contribution is -2.44. The Labute approximate surface area is 187 Å². The van der Waals surface area contributed by atoms with Crippen LogP contribution in [0.2, 0.25) is 10.2 Å². The van der Waals surface area contributed by atoms with Gasteiger partial charge in [0.1, 0.15) is 21.7 Å². The fourth-order valence-corrected chi connectivity index (χ4v) is 3.84. The number of nitrogens with one attached hydrogen (secondary N) is 1. The Morgan fingerprint density at radius 3 is 2.30 bits per heavy atom. The van der Waals surface area contributed by atoms with Gasteiger partial charge < -0.3 is 14.8 Å². The van der Waals surface area contributed by atoms with Crippen LogP contribution in [0.3, 0.4) is 0 Å². The summed E-state index contributed by atoms with van der Waals surface area (Å²) in [4.78, 5) is 18.7. The fraction of sp³-hybridized carbons (Fsp3) is 0.455. The first-order valence-electron chi connectivity index (χ1n) is 10.2. The first kappa shape index (κ1) is 22.7. The van der Waals surface area contributed by atoms with Crippen LogP contribution < -0.4 is 14.8 Å². The van der Waals surface area contributed by atoms with E-state index in [9.17, 15) is 4.79 Å². The van der Waals surface area contributed by atoms with Crippen molar-refractivity contribution >= 4 is 29.1 Å². The van der Waals surface area contributed by atoms with Crippen molar-refractivity contribution in [2.75, 3.05) is 26.3 Å². The molecule has 0 saturated carbocycles. The zero-order valence-electron chi connectivity index (χ0n) is 17.3. The third-order valence-corrected chi connectivity index (χ3v) is 5.58. The molecule has 1 saturated heterocycles. The molecule has 0 radical (unpaired) electrons. The average molecular weight is 452 g/mol. The van der Waals surface area contributed by atoms with Crippen LogP contribution in [0.25, 0.3) is 0 Å². The molecule has 0 spiro atoms. The first-order chi connectivity index (χ1) is 14.5. The molecule has 1 aliphatic rings. The van der Waals surface area contributed by atoms with Crippen LogP contribution in [0.5, 0.6) is 11.5 Å². The summed E-state index contributed by atoms with van der Waals surface area (Å²) >= 11 is 12.2. The second-order valence-electron chi connectivity index (χ2n) is 7.17. The maximum atomic E-state index is 12.4. The number of benzene rings is 1. The van der Waals surface area contributed by atoms with Gasteiger partial charge in [-0.3, -0.25) is 9.69 Å². The van der Waals surface area contributed by atoms with Gasteiger partial charge in [-0.25, -0.2) is 4.98 Å². The normalized spacial score (nSPS) is 15.1. The summed E-state index contributed by atoms with van der Waals surface area (Å²) in [6.07, 6.45) is 3.27. The number of amides is 1. The van der Waals surface area contributed by atoms with Crippen molar-refractivity contribution in [2.24, 2.45) is 0 Å². The smallest absolute Gasteiger partial charge is 0.253 e. The zero-order valence-corrected chi connectivity index (χ0v) is 18.8. The molecule has 6 nitrogen and oxygen atoms in total. The van der Waals surface area contributed by atoms with Crippen LogP contribution in [0.15, 0.2) is 30.5 Å². The Morgan fingerprint density at radius 1 is 1.13 bits per heavy atom. The lowest BCUT2D eigenvalue weighted by atomic mass is 10.0. The van der Waals surface area contributed by atoms with Gasteiger partial charge in [0.05, 0.1) is 18.8 Å². The minimum atomic E-state index is -0.113. The van der Waals surface area contributed by atoms with Gasteiger partial charge in [0, 0.05) is 31.9 Å². The summed E-state index contributed by atoms with van der Waals surface area (Å²) in [5, 5.41) is 3.98. The number of nitrogens with zero attached hydrogens (tertiary/aromatic N) is 2. The standard InChI is InChI=1S/C22H27Cl2N3O3/c1-3-29-18-11-15(12-19(21(18)24)30-4-2)14-27-9-7-17(8-10-27)26-22(28)16-5-6-20(23)25-13-16/h5-6,11-13,17H,3-4,7-10,14H2,1-2H3,(H,26,28). The van der Waals surface area contributed by atoms with Crippen LogP contribution in [-0.4, -0.2) is 48.1 Å². The number of piperidine rings is 1. The maximum Gasteiger partial charge on any atom is 0.253 e. The fourth-order valence-electron chi connectivity index (χ4n) is 3.51. The third-order valence-electron chi connectivity index (χ3n) is 4.98. The number of hydrogen-bond donors (Lipinski definition) is 1. The molecule has 1 aromatic heterocycles. The molecule has 30 heavy (non-hydrogen) atoms. The summed E-state index contributed by atoms with van der Waals surface area (Å²) in [7, 11) is 0. The molecule has 162 valence electrons. The highest BCUT2D eigenvalue weighted by molar-refractivity contribution is 6.33. The van der Waals surface area contributed by atoms with Crippen molar-refractivity contribution in [3.63, 3.8) is 0 Å². The predicted molar refractivity (Wildman–Crippen MR) is 119 cm³/mol. The zero-order chi connectivity index (χ0) is 21.5. The summed E-state index contributed by atoms with van der Waals surface area (Å²) < 4.78 is 11.3. The quantitative estimate of drug-likeness (QED) is 0.594. The van der Waals surface area contributed by atoms with E-state index in [2.05, 4.69) is 15.2 Å². The van der Waals surface area contributed by atoms with Crippen LogP contribution in [-0.2, 0) is 6.54 Å². The Hall–Kier alpha value is -2.02. The molecule has 0 bridgehead atoms. The average Bonchev–Trinajstić information content (AvgIpc) is 2.73. The van der Waals surface area contributed by atoms with Crippen molar-refractivity contribution in [3.8, 4) is 11.5 Å². The summed E-state index contributed by atoms with van der Waals surface area (Å²) in [6, 6.07) is 7.42. The van der Waals surface area contributed by atoms with Gasteiger partial charge in [-0.15, -0.1) is 0 Å². The first-order valence-corrected chi connectivity index (χ1v) is 11.0. The topological polar surface area (TPSA) is 63.7 Å². The van der Waals surface area contributed by atoms with Crippen LogP contribution >= 0.6 is 23.2 Å². The Kier molecular flexibility index (Phi) is 8.19. The number of carbonyl (C=O) groups is 1. The molecular weight excluding hydrogens is 425 g/mol. The number of halogens is 2. The van der Waals surface area contributed by atoms with E-state index < -0.39 is 0 Å². The van der Waals surface area contributed by atoms with E-state index in [1.54, 1.807) is 12.1 Å². The lowest BCUT2D eigenvalue weighted by molar-refractivity contribution is 0.0908. The minimum absolute atomic E-state index is 0.113. The monoisotopic (exact) mass is 451 g/mol. The molecule has 1 aromatic carbocycles. The van der Waals surface area contributed by atoms with Crippen molar-refractivity contribution in [1.82, 2.24) is 15.2 Å². The predicted octanol–water partition coefficient (Wildman–Crippen LogP) is 4.58. The van der Waals surface area contributed by atoms with Gasteiger partial charge in [0.2, 0.25) is 0 Å². The van der Waals surface area contributed by atoms with Crippen LogP contribution in [0.1, 0.15) is 42.6 Å². The highest BCUT2D eigenvalue weighted by Gasteiger charge is 2.22. The van der Waals surface area contributed by atoms with E-state index in [4.69, 9.17) is 32.7 Å². The van der Waals surface area contributed by atoms with Gasteiger partial charge in [-0.05, 0) is 56.5 Å². The lowest BCUT2D eigenvalue weighted by Gasteiger charge is -2.32. The Morgan fingerprint density at radius 2 is 1.77 bits per heavy atom. The molecule has 2 aromatic rings. The second-order valence-corrected chi connectivity index (χ2v) is 7.93. The van der Waals surface area contributed by atoms with Crippen LogP contribution in [0, 0.1) is 0 Å². The van der Waals surface area contributed by atoms with Gasteiger partial charge in [0.15, 0.2) is 0 Å². The highest BCUT2D eigenvalue weighted by atomic mass is 35.5. The van der Waals surface area contributed by atoms with Crippen molar-refractivity contribution < 1.29 is 14.3 Å². The SMILES string of the molecule is CCOc1cc(CN2CCC(NC(=O)c3ccc(Cl)nc3)CC2)cc(OCC)c1Cl. The summed E-state index contributed by atoms with van der Waals surface area (Å²) in [6.45, 7) is 7.51. The molecular formula is C22H27Cl2N3O3. The molecule has 1 fully saturated rings. The molecule has 3 rings (SSSR count). The van der Waals surface area contributed by atoms with E-state index >= 15 is 0 Å². The van der Waals surface area contributed by atoms with E-state index in [1.807, 2.05) is 26.0 Å². The third kappa shape index (κ3) is 6.00. The van der Waals surface area contributed by atoms with Crippen molar-refractivity contribution in [2.45, 2.75) is 39.3 Å². The molecule has 0 atom stereocenters. The molecule has 2 heterocycles. The highest BCUT2D eigenvalue weighted by Crippen LogP contribution is 2.36. The van der Waals surface area contributed by atoms with Crippen molar-refractivity contribution in [1.29, 1.82) is 0 Å². The van der Waals surface area contributed by atoms with Gasteiger partial charge in [-0.1, -0.05) is 23.2 Å². The van der Waals surface area contributed by atoms with Gasteiger partial charge in [0.25, 0.3) is 5.91 Å². The van der Waals surface area contributed by atoms with Crippen LogP contribution in [0.4, 0.5) is 0 Å². The van der Waals surface area contributed by atoms with Gasteiger partial charge in [-0.2, -0.15) is 0 Å². The minimum Gasteiger partial charge on any atom is -0.492 e. The summed E-state index contributed by atoms with van der Waals surface area (Å²) in [5.41, 5.74) is 1.62. The number of carbonyl (C=O) groups excluding carboxylic acids is 1. The number of aromatic nitrogens is 1. The van der Waals surface area contributed by atoms with E-state index in [-0.39, 0.29) is 11.9 Å². The summed E-state index contributed by atoms with van der Waals surface area (Å²) in [5.74, 6) is 1.19. The van der Waals surface area contributed by atoms with Gasteiger partial charge >= 0.3 is 0 Å². The molecule has 1 N–H and O–H groups in total. The molecule has 1 amide bonds. The molecule has 1 aliphatic heterocycles. The molecule has 0 aliphatic carbocycles. The number of ether oxygens (including phenoxy) is 2. The largest absolute Gasteiger partial charge is 0.492 e. The van der Waals surface area contributed by atoms with E-state index in [0.29, 0.717) is 40.5 Å². The van der Waals surface area contributed by atoms with E-state index in [1.165, 1.54) is 6.20 Å². The second kappa shape index (κ2) is 10.8. The maximum absolute atomic E-state index is 12.4. The Balaban J connectivity index is 1.56. The number of hydrogen-bond acceptors (Lipinski definition) is 5. The Bertz CT molecular complexity index is 826. The molecule has 8 heteroatoms.